The van der Waals surface area contributed by atoms with Crippen LogP contribution in [-0.4, -0.2) is 10.9 Å². The second kappa shape index (κ2) is 3.08. The van der Waals surface area contributed by atoms with Crippen molar-refractivity contribution in [2.75, 3.05) is 0 Å². The van der Waals surface area contributed by atoms with Gasteiger partial charge < -0.3 is 5.21 Å². The van der Waals surface area contributed by atoms with Crippen molar-refractivity contribution in [3.63, 3.8) is 0 Å². The first-order chi connectivity index (χ1) is 6.66. The third kappa shape index (κ3) is 1.20. The lowest BCUT2D eigenvalue weighted by Gasteiger charge is -2.39. The second-order valence-electron chi connectivity index (χ2n) is 3.89. The first-order valence-electron chi connectivity index (χ1n) is 4.64. The minimum absolute atomic E-state index is 0.192. The number of oxime groups is 1. The van der Waals surface area contributed by atoms with E-state index in [9.17, 15) is 4.39 Å². The lowest BCUT2D eigenvalue weighted by molar-refractivity contribution is 0.301. The Kier molecular flexibility index (Phi) is 2.02. The van der Waals surface area contributed by atoms with Crippen LogP contribution in [0, 0.1) is 5.82 Å². The van der Waals surface area contributed by atoms with Crippen molar-refractivity contribution in [3.05, 3.63) is 35.6 Å². The molecular weight excluding hydrogens is 181 g/mol. The van der Waals surface area contributed by atoms with Gasteiger partial charge in [0.2, 0.25) is 0 Å². The van der Waals surface area contributed by atoms with Gasteiger partial charge in [0.05, 0.1) is 5.71 Å². The van der Waals surface area contributed by atoms with Gasteiger partial charge in [0, 0.05) is 5.41 Å². The highest BCUT2D eigenvalue weighted by atomic mass is 19.1. The summed E-state index contributed by atoms with van der Waals surface area (Å²) in [5.74, 6) is -0.237. The Labute approximate surface area is 82.1 Å². The van der Waals surface area contributed by atoms with E-state index in [4.69, 9.17) is 5.21 Å². The van der Waals surface area contributed by atoms with E-state index in [1.165, 1.54) is 12.1 Å². The lowest BCUT2D eigenvalue weighted by Crippen LogP contribution is -2.42. The quantitative estimate of drug-likeness (QED) is 0.539. The molecule has 1 N–H and O–H groups in total. The first kappa shape index (κ1) is 9.19. The normalized spacial score (nSPS) is 28.9. The average Bonchev–Trinajstić information content (AvgIpc) is 2.17. The van der Waals surface area contributed by atoms with Crippen LogP contribution in [0.2, 0.25) is 0 Å². The molecule has 1 aromatic rings. The predicted octanol–water partition coefficient (Wildman–Crippen LogP) is 2.71. The molecule has 1 fully saturated rings. The third-order valence-electron chi connectivity index (χ3n) is 3.10. The maximum atomic E-state index is 12.7. The van der Waals surface area contributed by atoms with Gasteiger partial charge in [0.25, 0.3) is 0 Å². The van der Waals surface area contributed by atoms with Crippen LogP contribution in [0.25, 0.3) is 0 Å². The molecule has 0 aliphatic heterocycles. The van der Waals surface area contributed by atoms with E-state index in [-0.39, 0.29) is 11.2 Å². The van der Waals surface area contributed by atoms with Gasteiger partial charge in [-0.2, -0.15) is 0 Å². The van der Waals surface area contributed by atoms with Crippen LogP contribution >= 0.6 is 0 Å². The van der Waals surface area contributed by atoms with Gasteiger partial charge in [-0.1, -0.05) is 24.2 Å². The third-order valence-corrected chi connectivity index (χ3v) is 3.10. The van der Waals surface area contributed by atoms with Crippen molar-refractivity contribution in [1.82, 2.24) is 0 Å². The summed E-state index contributed by atoms with van der Waals surface area (Å²) in [6.07, 6.45) is 1.78. The van der Waals surface area contributed by atoms with Crippen LogP contribution in [0.3, 0.4) is 0 Å². The van der Waals surface area contributed by atoms with E-state index in [0.717, 1.165) is 24.1 Å². The van der Waals surface area contributed by atoms with Crippen molar-refractivity contribution in [2.24, 2.45) is 5.16 Å². The zero-order valence-corrected chi connectivity index (χ0v) is 8.00. The van der Waals surface area contributed by atoms with Crippen molar-refractivity contribution < 1.29 is 9.60 Å². The Balaban J connectivity index is 2.35. The van der Waals surface area contributed by atoms with E-state index >= 15 is 0 Å². The number of nitrogens with zero attached hydrogens (tertiary/aromatic N) is 1. The maximum absolute atomic E-state index is 12.7. The van der Waals surface area contributed by atoms with Crippen LogP contribution in [0.5, 0.6) is 0 Å². The molecule has 1 saturated carbocycles. The predicted molar refractivity (Wildman–Crippen MR) is 52.2 cm³/mol. The molecule has 0 heterocycles. The molecule has 0 spiro atoms. The molecule has 0 radical (unpaired) electrons. The molecule has 0 saturated heterocycles. The Bertz CT molecular complexity index is 371. The fourth-order valence-corrected chi connectivity index (χ4v) is 1.90. The SMILES string of the molecule is CC1(c2ccc(F)cc2)CCC1=NO. The molecule has 3 heteroatoms. The van der Waals surface area contributed by atoms with Crippen molar-refractivity contribution in [3.8, 4) is 0 Å². The van der Waals surface area contributed by atoms with Crippen LogP contribution in [0.15, 0.2) is 29.4 Å². The van der Waals surface area contributed by atoms with Crippen LogP contribution in [0.1, 0.15) is 25.3 Å². The van der Waals surface area contributed by atoms with Crippen LogP contribution in [0.4, 0.5) is 4.39 Å². The van der Waals surface area contributed by atoms with E-state index in [2.05, 4.69) is 5.16 Å². The summed E-state index contributed by atoms with van der Waals surface area (Å²) in [6, 6.07) is 6.38. The molecule has 1 aliphatic rings. The molecular formula is C11H12FNO. The van der Waals surface area contributed by atoms with E-state index < -0.39 is 0 Å². The molecule has 0 amide bonds. The zero-order chi connectivity index (χ0) is 10.2. The number of rotatable bonds is 1. The van der Waals surface area contributed by atoms with Gasteiger partial charge in [0.1, 0.15) is 5.82 Å². The van der Waals surface area contributed by atoms with Gasteiger partial charge in [-0.05, 0) is 30.5 Å². The summed E-state index contributed by atoms with van der Waals surface area (Å²) < 4.78 is 12.7. The van der Waals surface area contributed by atoms with Crippen molar-refractivity contribution >= 4 is 5.71 Å². The smallest absolute Gasteiger partial charge is 0.123 e. The minimum Gasteiger partial charge on any atom is -0.411 e. The molecule has 2 nitrogen and oxygen atoms in total. The van der Waals surface area contributed by atoms with Gasteiger partial charge in [-0.15, -0.1) is 0 Å². The van der Waals surface area contributed by atoms with Gasteiger partial charge in [-0.25, -0.2) is 4.39 Å². The average molecular weight is 193 g/mol. The number of hydrogen-bond acceptors (Lipinski definition) is 2. The molecule has 1 aliphatic carbocycles. The highest BCUT2D eigenvalue weighted by Crippen LogP contribution is 2.40. The first-order valence-corrected chi connectivity index (χ1v) is 4.64. The highest BCUT2D eigenvalue weighted by Gasteiger charge is 2.41. The number of halogens is 1. The Hall–Kier alpha value is -1.38. The second-order valence-corrected chi connectivity index (χ2v) is 3.89. The van der Waals surface area contributed by atoms with Crippen LogP contribution < -0.4 is 0 Å². The summed E-state index contributed by atoms with van der Waals surface area (Å²) in [4.78, 5) is 0. The van der Waals surface area contributed by atoms with E-state index in [1.807, 2.05) is 6.92 Å². The van der Waals surface area contributed by atoms with Crippen molar-refractivity contribution in [2.45, 2.75) is 25.2 Å². The Morgan fingerprint density at radius 2 is 2.00 bits per heavy atom. The molecule has 1 atom stereocenters. The summed E-state index contributed by atoms with van der Waals surface area (Å²) >= 11 is 0. The summed E-state index contributed by atoms with van der Waals surface area (Å²) in [5, 5.41) is 12.0. The highest BCUT2D eigenvalue weighted by molar-refractivity contribution is 5.99. The van der Waals surface area contributed by atoms with Gasteiger partial charge in [-0.3, -0.25) is 0 Å². The lowest BCUT2D eigenvalue weighted by atomic mass is 9.64. The molecule has 1 aromatic carbocycles. The zero-order valence-electron chi connectivity index (χ0n) is 8.00. The van der Waals surface area contributed by atoms with E-state index in [0.29, 0.717) is 0 Å². The Morgan fingerprint density at radius 1 is 1.36 bits per heavy atom. The molecule has 2 rings (SSSR count). The molecule has 1 unspecified atom stereocenters. The maximum Gasteiger partial charge on any atom is 0.123 e. The summed E-state index contributed by atoms with van der Waals surface area (Å²) in [7, 11) is 0. The van der Waals surface area contributed by atoms with E-state index in [1.54, 1.807) is 12.1 Å². The topological polar surface area (TPSA) is 32.6 Å². The molecule has 14 heavy (non-hydrogen) atoms. The number of hydrogen-bond donors (Lipinski definition) is 1. The minimum atomic E-state index is -0.237. The molecule has 74 valence electrons. The monoisotopic (exact) mass is 193 g/mol. The summed E-state index contributed by atoms with van der Waals surface area (Å²) in [6.45, 7) is 2.01. The standard InChI is InChI=1S/C11H12FNO/c1-11(7-6-10(11)13-14)8-2-4-9(12)5-3-8/h2-5,14H,6-7H2,1H3. The molecule has 0 bridgehead atoms. The van der Waals surface area contributed by atoms with Gasteiger partial charge >= 0.3 is 0 Å². The summed E-state index contributed by atoms with van der Waals surface area (Å²) in [5.41, 5.74) is 1.60. The molecule has 0 aromatic heterocycles. The fourth-order valence-electron chi connectivity index (χ4n) is 1.90. The van der Waals surface area contributed by atoms with Crippen molar-refractivity contribution in [1.29, 1.82) is 0 Å². The fraction of sp³-hybridized carbons (Fsp3) is 0.364. The number of benzene rings is 1. The van der Waals surface area contributed by atoms with Gasteiger partial charge in [0.15, 0.2) is 0 Å². The van der Waals surface area contributed by atoms with Crippen LogP contribution in [-0.2, 0) is 5.41 Å². The largest absolute Gasteiger partial charge is 0.411 e. The Morgan fingerprint density at radius 3 is 2.43 bits per heavy atom.